The van der Waals surface area contributed by atoms with Crippen LogP contribution in [0, 0.1) is 6.92 Å². The van der Waals surface area contributed by atoms with Crippen LogP contribution >= 0.6 is 11.6 Å². The van der Waals surface area contributed by atoms with E-state index in [0.29, 0.717) is 16.3 Å². The number of para-hydroxylation sites is 1. The summed E-state index contributed by atoms with van der Waals surface area (Å²) in [6.07, 6.45) is -1.07. The van der Waals surface area contributed by atoms with Crippen LogP contribution in [0.2, 0.25) is 5.02 Å². The molecule has 1 aromatic heterocycles. The Balaban J connectivity index is 2.21. The van der Waals surface area contributed by atoms with Crippen molar-refractivity contribution in [3.05, 3.63) is 35.0 Å². The van der Waals surface area contributed by atoms with Crippen LogP contribution in [0.15, 0.2) is 24.3 Å². The van der Waals surface area contributed by atoms with Gasteiger partial charge in [-0.25, -0.2) is 9.78 Å². The van der Waals surface area contributed by atoms with E-state index >= 15 is 0 Å². The Morgan fingerprint density at radius 2 is 2.32 bits per heavy atom. The largest absolute Gasteiger partial charge is 0.489 e. The number of aromatic nitrogens is 1. The molecule has 0 fully saturated rings. The van der Waals surface area contributed by atoms with Gasteiger partial charge in [0.25, 0.3) is 0 Å². The van der Waals surface area contributed by atoms with E-state index in [2.05, 4.69) is 10.3 Å². The van der Waals surface area contributed by atoms with Crippen molar-refractivity contribution in [1.82, 2.24) is 10.3 Å². The molecule has 0 saturated heterocycles. The summed E-state index contributed by atoms with van der Waals surface area (Å²) in [7, 11) is 0. The summed E-state index contributed by atoms with van der Waals surface area (Å²) in [5, 5.41) is 12.1. The second-order valence-corrected chi connectivity index (χ2v) is 4.39. The third kappa shape index (κ3) is 3.26. The summed E-state index contributed by atoms with van der Waals surface area (Å²) < 4.78 is 5.53. The van der Waals surface area contributed by atoms with E-state index in [1.165, 1.54) is 0 Å². The molecular formula is C13H13ClN2O3. The van der Waals surface area contributed by atoms with Crippen LogP contribution < -0.4 is 10.1 Å². The molecule has 1 heterocycles. The van der Waals surface area contributed by atoms with Gasteiger partial charge in [-0.15, -0.1) is 0 Å². The highest BCUT2D eigenvalue weighted by atomic mass is 35.5. The first-order valence-electron chi connectivity index (χ1n) is 5.73. The van der Waals surface area contributed by atoms with Gasteiger partial charge in [0.1, 0.15) is 17.9 Å². The number of hydrogen-bond donors (Lipinski definition) is 2. The predicted molar refractivity (Wildman–Crippen MR) is 73.0 cm³/mol. The Kier molecular flexibility index (Phi) is 4.06. The summed E-state index contributed by atoms with van der Waals surface area (Å²) in [6.45, 7) is 2.30. The SMILES string of the molecule is Cc1cc(Cl)c2cccc(OCCNC(=O)O)c2n1. The number of nitrogens with zero attached hydrogens (tertiary/aromatic N) is 1. The van der Waals surface area contributed by atoms with Crippen LogP contribution in [0.4, 0.5) is 4.79 Å². The Morgan fingerprint density at radius 3 is 3.05 bits per heavy atom. The molecule has 0 radical (unpaired) electrons. The molecule has 19 heavy (non-hydrogen) atoms. The van der Waals surface area contributed by atoms with Gasteiger partial charge in [-0.05, 0) is 19.1 Å². The summed E-state index contributed by atoms with van der Waals surface area (Å²) in [5.74, 6) is 0.593. The third-order valence-corrected chi connectivity index (χ3v) is 2.83. The van der Waals surface area contributed by atoms with Crippen molar-refractivity contribution >= 4 is 28.6 Å². The molecule has 0 bridgehead atoms. The average molecular weight is 281 g/mol. The van der Waals surface area contributed by atoms with Gasteiger partial charge in [0.05, 0.1) is 11.6 Å². The molecule has 2 rings (SSSR count). The minimum absolute atomic E-state index is 0.214. The number of carbonyl (C=O) groups is 1. The van der Waals surface area contributed by atoms with Crippen LogP contribution in [-0.2, 0) is 0 Å². The molecule has 1 amide bonds. The monoisotopic (exact) mass is 280 g/mol. The number of pyridine rings is 1. The number of halogens is 1. The highest BCUT2D eigenvalue weighted by Crippen LogP contribution is 2.29. The summed E-state index contributed by atoms with van der Waals surface area (Å²) >= 11 is 6.15. The van der Waals surface area contributed by atoms with Gasteiger partial charge >= 0.3 is 6.09 Å². The topological polar surface area (TPSA) is 71.5 Å². The lowest BCUT2D eigenvalue weighted by atomic mass is 10.2. The fraction of sp³-hybridized carbons (Fsp3) is 0.231. The minimum atomic E-state index is -1.07. The molecule has 2 aromatic rings. The fourth-order valence-corrected chi connectivity index (χ4v) is 2.05. The highest BCUT2D eigenvalue weighted by molar-refractivity contribution is 6.35. The zero-order valence-electron chi connectivity index (χ0n) is 10.3. The van der Waals surface area contributed by atoms with E-state index in [1.54, 1.807) is 12.1 Å². The van der Waals surface area contributed by atoms with E-state index in [1.807, 2.05) is 19.1 Å². The Labute approximate surface area is 115 Å². The lowest BCUT2D eigenvalue weighted by Crippen LogP contribution is -2.26. The normalized spacial score (nSPS) is 10.4. The molecule has 5 nitrogen and oxygen atoms in total. The molecule has 0 aliphatic heterocycles. The second-order valence-electron chi connectivity index (χ2n) is 3.98. The zero-order valence-corrected chi connectivity index (χ0v) is 11.1. The molecule has 0 saturated carbocycles. The first-order valence-corrected chi connectivity index (χ1v) is 6.11. The molecule has 6 heteroatoms. The van der Waals surface area contributed by atoms with Gasteiger partial charge in [-0.3, -0.25) is 0 Å². The van der Waals surface area contributed by atoms with Crippen molar-refractivity contribution in [2.45, 2.75) is 6.92 Å². The minimum Gasteiger partial charge on any atom is -0.489 e. The number of benzene rings is 1. The first-order chi connectivity index (χ1) is 9.08. The number of ether oxygens (including phenoxy) is 1. The smallest absolute Gasteiger partial charge is 0.404 e. The van der Waals surface area contributed by atoms with Crippen LogP contribution in [0.3, 0.4) is 0 Å². The second kappa shape index (κ2) is 5.75. The van der Waals surface area contributed by atoms with E-state index in [-0.39, 0.29) is 13.2 Å². The van der Waals surface area contributed by atoms with Gasteiger partial charge in [0.2, 0.25) is 0 Å². The number of amides is 1. The highest BCUT2D eigenvalue weighted by Gasteiger charge is 2.07. The van der Waals surface area contributed by atoms with Crippen molar-refractivity contribution in [2.75, 3.05) is 13.2 Å². The lowest BCUT2D eigenvalue weighted by Gasteiger charge is -2.10. The predicted octanol–water partition coefficient (Wildman–Crippen LogP) is 2.84. The molecule has 0 atom stereocenters. The van der Waals surface area contributed by atoms with E-state index in [9.17, 15) is 4.79 Å². The maximum absolute atomic E-state index is 10.3. The van der Waals surface area contributed by atoms with Gasteiger partial charge in [0.15, 0.2) is 0 Å². The quantitative estimate of drug-likeness (QED) is 0.845. The Bertz CT molecular complexity index is 616. The van der Waals surface area contributed by atoms with Crippen molar-refractivity contribution in [3.8, 4) is 5.75 Å². The third-order valence-electron chi connectivity index (χ3n) is 2.52. The van der Waals surface area contributed by atoms with Gasteiger partial charge in [0, 0.05) is 11.1 Å². The van der Waals surface area contributed by atoms with Crippen molar-refractivity contribution in [3.63, 3.8) is 0 Å². The lowest BCUT2D eigenvalue weighted by molar-refractivity contribution is 0.191. The van der Waals surface area contributed by atoms with Crippen molar-refractivity contribution in [1.29, 1.82) is 0 Å². The maximum atomic E-state index is 10.3. The van der Waals surface area contributed by atoms with Crippen molar-refractivity contribution in [2.24, 2.45) is 0 Å². The number of rotatable bonds is 4. The van der Waals surface area contributed by atoms with Crippen molar-refractivity contribution < 1.29 is 14.6 Å². The zero-order chi connectivity index (χ0) is 13.8. The van der Waals surface area contributed by atoms with E-state index < -0.39 is 6.09 Å². The van der Waals surface area contributed by atoms with Crippen LogP contribution in [0.5, 0.6) is 5.75 Å². The maximum Gasteiger partial charge on any atom is 0.404 e. The van der Waals surface area contributed by atoms with Crippen LogP contribution in [-0.4, -0.2) is 29.3 Å². The van der Waals surface area contributed by atoms with Gasteiger partial charge < -0.3 is 15.2 Å². The van der Waals surface area contributed by atoms with E-state index in [4.69, 9.17) is 21.4 Å². The summed E-state index contributed by atoms with van der Waals surface area (Å²) in [5.41, 5.74) is 1.49. The van der Waals surface area contributed by atoms with Crippen LogP contribution in [0.1, 0.15) is 5.69 Å². The standard InChI is InChI=1S/C13H13ClN2O3/c1-8-7-10(14)9-3-2-4-11(12(9)16-8)19-6-5-15-13(17)18/h2-4,7,15H,5-6H2,1H3,(H,17,18). The van der Waals surface area contributed by atoms with Gasteiger partial charge in [-0.2, -0.15) is 0 Å². The molecule has 0 unspecified atom stereocenters. The van der Waals surface area contributed by atoms with Gasteiger partial charge in [-0.1, -0.05) is 23.7 Å². The fourth-order valence-electron chi connectivity index (χ4n) is 1.74. The van der Waals surface area contributed by atoms with E-state index in [0.717, 1.165) is 11.1 Å². The molecule has 2 N–H and O–H groups in total. The molecule has 0 aliphatic rings. The number of nitrogens with one attached hydrogen (secondary N) is 1. The number of fused-ring (bicyclic) bond motifs is 1. The number of aryl methyl sites for hydroxylation is 1. The molecule has 1 aromatic carbocycles. The summed E-state index contributed by atoms with van der Waals surface area (Å²) in [4.78, 5) is 14.7. The molecule has 0 spiro atoms. The van der Waals surface area contributed by atoms with Crippen LogP contribution in [0.25, 0.3) is 10.9 Å². The molecule has 0 aliphatic carbocycles. The molecular weight excluding hydrogens is 268 g/mol. The Morgan fingerprint density at radius 1 is 1.53 bits per heavy atom. The summed E-state index contributed by atoms with van der Waals surface area (Å²) in [6, 6.07) is 7.27. The molecule has 100 valence electrons. The number of carboxylic acid groups (broad SMARTS) is 1. The number of hydrogen-bond acceptors (Lipinski definition) is 3. The first kappa shape index (κ1) is 13.4. The average Bonchev–Trinajstić information content (AvgIpc) is 2.34. The Hall–Kier alpha value is -2.01.